The number of rotatable bonds is 0. The average molecular weight is 243 g/mol. The number of carbonyl (C=O) groups is 2. The molecule has 18 heavy (non-hydrogen) atoms. The molecule has 4 nitrogen and oxygen atoms in total. The summed E-state index contributed by atoms with van der Waals surface area (Å²) >= 11 is 0. The van der Waals surface area contributed by atoms with E-state index in [-0.39, 0.29) is 22.9 Å². The Balaban J connectivity index is 2.21. The van der Waals surface area contributed by atoms with E-state index in [0.29, 0.717) is 29.8 Å². The highest BCUT2D eigenvalue weighted by molar-refractivity contribution is 6.27. The van der Waals surface area contributed by atoms with Gasteiger partial charge in [0, 0.05) is 17.7 Å². The van der Waals surface area contributed by atoms with Crippen LogP contribution in [0.15, 0.2) is 29.5 Å². The Labute approximate surface area is 104 Å². The summed E-state index contributed by atoms with van der Waals surface area (Å²) in [5.74, 6) is -0.508. The molecule has 0 radical (unpaired) electrons. The van der Waals surface area contributed by atoms with Crippen LogP contribution in [0.4, 0.5) is 0 Å². The van der Waals surface area contributed by atoms with E-state index < -0.39 is 0 Å². The quantitative estimate of drug-likeness (QED) is 0.729. The number of benzene rings is 1. The van der Waals surface area contributed by atoms with Gasteiger partial charge in [-0.1, -0.05) is 6.07 Å². The molecule has 2 aliphatic rings. The third-order valence-electron chi connectivity index (χ3n) is 3.47. The summed E-state index contributed by atoms with van der Waals surface area (Å²) in [6.45, 7) is 0.714. The summed E-state index contributed by atoms with van der Waals surface area (Å²) in [5.41, 5.74) is 1.40. The van der Waals surface area contributed by atoms with E-state index in [1.165, 1.54) is 6.07 Å². The molecule has 1 aliphatic heterocycles. The second-order valence-electron chi connectivity index (χ2n) is 4.60. The van der Waals surface area contributed by atoms with Crippen LogP contribution in [0.25, 0.3) is 0 Å². The molecule has 4 heteroatoms. The van der Waals surface area contributed by atoms with Crippen molar-refractivity contribution < 1.29 is 14.7 Å². The van der Waals surface area contributed by atoms with E-state index in [1.54, 1.807) is 12.1 Å². The standard InChI is InChI=1S/C14H13NO3/c16-10-6-3-5-8-11(10)13(17)9-4-1-2-7-15-12(9)14(8)18/h3,5-6,15-16H,1-2,4,7H2. The number of fused-ring (bicyclic) bond motifs is 1. The summed E-state index contributed by atoms with van der Waals surface area (Å²) in [7, 11) is 0. The number of aromatic hydroxyl groups is 1. The van der Waals surface area contributed by atoms with E-state index >= 15 is 0 Å². The van der Waals surface area contributed by atoms with E-state index in [9.17, 15) is 14.7 Å². The number of hydrogen-bond donors (Lipinski definition) is 2. The van der Waals surface area contributed by atoms with E-state index in [2.05, 4.69) is 5.32 Å². The van der Waals surface area contributed by atoms with Crippen molar-refractivity contribution in [3.63, 3.8) is 0 Å². The predicted octanol–water partition coefficient (Wildman–Crippen LogP) is 1.80. The van der Waals surface area contributed by atoms with Crippen LogP contribution in [-0.2, 0) is 0 Å². The van der Waals surface area contributed by atoms with Gasteiger partial charge in [-0.2, -0.15) is 0 Å². The molecule has 0 bridgehead atoms. The van der Waals surface area contributed by atoms with Gasteiger partial charge >= 0.3 is 0 Å². The Morgan fingerprint density at radius 3 is 2.78 bits per heavy atom. The molecule has 1 aliphatic carbocycles. The lowest BCUT2D eigenvalue weighted by Gasteiger charge is -2.20. The number of carbonyl (C=O) groups excluding carboxylic acids is 2. The van der Waals surface area contributed by atoms with Crippen molar-refractivity contribution in [3.8, 4) is 5.75 Å². The molecular formula is C14H13NO3. The molecule has 92 valence electrons. The number of phenols is 1. The monoisotopic (exact) mass is 243 g/mol. The lowest BCUT2D eigenvalue weighted by Crippen LogP contribution is -2.29. The van der Waals surface area contributed by atoms with Gasteiger partial charge < -0.3 is 10.4 Å². The third kappa shape index (κ3) is 1.45. The molecule has 2 N–H and O–H groups in total. The molecule has 1 aromatic carbocycles. The Morgan fingerprint density at radius 1 is 1.11 bits per heavy atom. The summed E-state index contributed by atoms with van der Waals surface area (Å²) in [6.07, 6.45) is 2.42. The van der Waals surface area contributed by atoms with Crippen molar-refractivity contribution in [1.82, 2.24) is 5.32 Å². The zero-order chi connectivity index (χ0) is 12.7. The van der Waals surface area contributed by atoms with Crippen molar-refractivity contribution in [2.24, 2.45) is 0 Å². The number of Topliss-reactive ketones (excluding diaryl/α,β-unsaturated/α-hetero) is 2. The first kappa shape index (κ1) is 11.0. The highest BCUT2D eigenvalue weighted by atomic mass is 16.3. The highest BCUT2D eigenvalue weighted by Gasteiger charge is 2.34. The maximum atomic E-state index is 12.4. The van der Waals surface area contributed by atoms with Crippen molar-refractivity contribution >= 4 is 11.6 Å². The SMILES string of the molecule is O=C1C2=C(CCCCN2)C(=O)c2c(O)cccc21. The number of ketones is 2. The molecule has 1 heterocycles. The zero-order valence-electron chi connectivity index (χ0n) is 9.82. The zero-order valence-corrected chi connectivity index (χ0v) is 9.82. The second-order valence-corrected chi connectivity index (χ2v) is 4.60. The molecule has 0 spiro atoms. The number of hydrogen-bond acceptors (Lipinski definition) is 4. The summed E-state index contributed by atoms with van der Waals surface area (Å²) < 4.78 is 0. The van der Waals surface area contributed by atoms with Gasteiger partial charge in [-0.25, -0.2) is 0 Å². The van der Waals surface area contributed by atoms with Gasteiger partial charge in [0.15, 0.2) is 5.78 Å². The van der Waals surface area contributed by atoms with Gasteiger partial charge in [-0.15, -0.1) is 0 Å². The minimum absolute atomic E-state index is 0.110. The first-order chi connectivity index (χ1) is 8.70. The second kappa shape index (κ2) is 3.98. The Hall–Kier alpha value is -2.10. The molecule has 1 aromatic rings. The predicted molar refractivity (Wildman–Crippen MR) is 65.6 cm³/mol. The van der Waals surface area contributed by atoms with Gasteiger partial charge in [0.1, 0.15) is 5.75 Å². The van der Waals surface area contributed by atoms with E-state index in [4.69, 9.17) is 0 Å². The Kier molecular flexibility index (Phi) is 2.44. The fraction of sp³-hybridized carbons (Fsp3) is 0.286. The first-order valence-electron chi connectivity index (χ1n) is 6.08. The molecule has 0 aromatic heterocycles. The van der Waals surface area contributed by atoms with Crippen LogP contribution >= 0.6 is 0 Å². The topological polar surface area (TPSA) is 66.4 Å². The van der Waals surface area contributed by atoms with E-state index in [1.807, 2.05) is 0 Å². The summed E-state index contributed by atoms with van der Waals surface area (Å²) in [4.78, 5) is 24.7. The highest BCUT2D eigenvalue weighted by Crippen LogP contribution is 2.33. The summed E-state index contributed by atoms with van der Waals surface area (Å²) in [5, 5.41) is 12.8. The van der Waals surface area contributed by atoms with Crippen LogP contribution in [0.5, 0.6) is 5.75 Å². The third-order valence-corrected chi connectivity index (χ3v) is 3.47. The van der Waals surface area contributed by atoms with Gasteiger partial charge in [0.25, 0.3) is 0 Å². The number of nitrogens with one attached hydrogen (secondary N) is 1. The average Bonchev–Trinajstić information content (AvgIpc) is 2.61. The van der Waals surface area contributed by atoms with Crippen molar-refractivity contribution in [1.29, 1.82) is 0 Å². The molecular weight excluding hydrogens is 230 g/mol. The number of allylic oxidation sites excluding steroid dienone is 2. The molecule has 3 rings (SSSR count). The maximum Gasteiger partial charge on any atom is 0.210 e. The van der Waals surface area contributed by atoms with Crippen LogP contribution in [0.3, 0.4) is 0 Å². The largest absolute Gasteiger partial charge is 0.507 e. The van der Waals surface area contributed by atoms with Crippen molar-refractivity contribution in [2.75, 3.05) is 6.54 Å². The van der Waals surface area contributed by atoms with Crippen molar-refractivity contribution in [3.05, 3.63) is 40.6 Å². The van der Waals surface area contributed by atoms with Crippen molar-refractivity contribution in [2.45, 2.75) is 19.3 Å². The fourth-order valence-corrected chi connectivity index (χ4v) is 2.57. The summed E-state index contributed by atoms with van der Waals surface area (Å²) in [6, 6.07) is 4.62. The Bertz CT molecular complexity index is 587. The maximum absolute atomic E-state index is 12.4. The van der Waals surface area contributed by atoms with Crippen LogP contribution < -0.4 is 5.32 Å². The smallest absolute Gasteiger partial charge is 0.210 e. The van der Waals surface area contributed by atoms with Crippen LogP contribution in [0, 0.1) is 0 Å². The lowest BCUT2D eigenvalue weighted by molar-refractivity contribution is 0.0965. The molecule has 0 atom stereocenters. The van der Waals surface area contributed by atoms with Gasteiger partial charge in [0.05, 0.1) is 11.3 Å². The van der Waals surface area contributed by atoms with Gasteiger partial charge in [-0.3, -0.25) is 9.59 Å². The molecule has 0 amide bonds. The minimum atomic E-state index is -0.216. The van der Waals surface area contributed by atoms with Crippen LogP contribution in [0.1, 0.15) is 40.0 Å². The van der Waals surface area contributed by atoms with Crippen LogP contribution in [-0.4, -0.2) is 23.2 Å². The van der Waals surface area contributed by atoms with Crippen LogP contribution in [0.2, 0.25) is 0 Å². The lowest BCUT2D eigenvalue weighted by atomic mass is 9.85. The normalized spacial score (nSPS) is 18.9. The number of phenolic OH excluding ortho intramolecular Hbond substituents is 1. The Morgan fingerprint density at radius 2 is 1.94 bits per heavy atom. The minimum Gasteiger partial charge on any atom is -0.507 e. The van der Waals surface area contributed by atoms with Gasteiger partial charge in [0.2, 0.25) is 5.78 Å². The van der Waals surface area contributed by atoms with Gasteiger partial charge in [-0.05, 0) is 31.4 Å². The molecule has 0 fully saturated rings. The molecule has 0 saturated carbocycles. The molecule has 0 saturated heterocycles. The molecule has 0 unspecified atom stereocenters. The fourth-order valence-electron chi connectivity index (χ4n) is 2.57. The first-order valence-corrected chi connectivity index (χ1v) is 6.08. The van der Waals surface area contributed by atoms with E-state index in [0.717, 1.165) is 12.8 Å².